The van der Waals surface area contributed by atoms with Crippen LogP contribution in [0.2, 0.25) is 0 Å². The molecule has 0 aromatic rings. The first kappa shape index (κ1) is 14.3. The second kappa shape index (κ2) is 8.32. The molecule has 1 saturated carbocycles. The van der Waals surface area contributed by atoms with Gasteiger partial charge in [-0.25, -0.2) is 0 Å². The van der Waals surface area contributed by atoms with E-state index in [1.807, 2.05) is 0 Å². The van der Waals surface area contributed by atoms with Gasteiger partial charge in [0.25, 0.3) is 0 Å². The zero-order chi connectivity index (χ0) is 12.5. The molecule has 0 saturated heterocycles. The van der Waals surface area contributed by atoms with Gasteiger partial charge >= 0.3 is 0 Å². The molecule has 1 aliphatic rings. The fourth-order valence-corrected chi connectivity index (χ4v) is 2.44. The molecule has 0 unspecified atom stereocenters. The summed E-state index contributed by atoms with van der Waals surface area (Å²) in [5.41, 5.74) is 0.624. The highest BCUT2D eigenvalue weighted by molar-refractivity contribution is 5.92. The zero-order valence-corrected chi connectivity index (χ0v) is 11.3. The molecule has 1 fully saturated rings. The molecule has 0 spiro atoms. The highest BCUT2D eigenvalue weighted by Crippen LogP contribution is 2.17. The molecule has 0 atom stereocenters. The Bertz CT molecular complexity index is 235. The van der Waals surface area contributed by atoms with E-state index in [0.29, 0.717) is 11.6 Å². The van der Waals surface area contributed by atoms with Gasteiger partial charge in [0.2, 0.25) is 5.91 Å². The molecule has 0 bridgehead atoms. The van der Waals surface area contributed by atoms with Gasteiger partial charge in [0.05, 0.1) is 0 Å². The quantitative estimate of drug-likeness (QED) is 0.724. The van der Waals surface area contributed by atoms with Crippen LogP contribution in [0.25, 0.3) is 0 Å². The molecule has 17 heavy (non-hydrogen) atoms. The molecule has 1 rings (SSSR count). The number of hydrogen-bond acceptors (Lipinski definition) is 1. The first-order valence-corrected chi connectivity index (χ1v) is 7.16. The van der Waals surface area contributed by atoms with Crippen molar-refractivity contribution in [2.45, 2.75) is 77.2 Å². The maximum Gasteiger partial charge on any atom is 0.246 e. The van der Waals surface area contributed by atoms with Crippen molar-refractivity contribution in [3.05, 3.63) is 12.2 Å². The summed E-state index contributed by atoms with van der Waals surface area (Å²) in [5.74, 6) is 0.0323. The van der Waals surface area contributed by atoms with Crippen molar-refractivity contribution < 1.29 is 4.79 Å². The van der Waals surface area contributed by atoms with E-state index in [4.69, 9.17) is 0 Å². The second-order valence-electron chi connectivity index (χ2n) is 5.36. The minimum Gasteiger partial charge on any atom is -0.350 e. The lowest BCUT2D eigenvalue weighted by Gasteiger charge is -2.18. The molecule has 0 aromatic carbocycles. The lowest BCUT2D eigenvalue weighted by molar-refractivity contribution is -0.118. The summed E-state index contributed by atoms with van der Waals surface area (Å²) < 4.78 is 0. The third-order valence-corrected chi connectivity index (χ3v) is 3.58. The number of hydrogen-bond donors (Lipinski definition) is 1. The van der Waals surface area contributed by atoms with E-state index in [2.05, 4.69) is 11.9 Å². The van der Waals surface area contributed by atoms with E-state index in [1.54, 1.807) is 6.92 Å². The Labute approximate surface area is 106 Å². The van der Waals surface area contributed by atoms with Crippen LogP contribution in [-0.4, -0.2) is 11.9 Å². The summed E-state index contributed by atoms with van der Waals surface area (Å²) in [6, 6.07) is 0.372. The van der Waals surface area contributed by atoms with Gasteiger partial charge < -0.3 is 5.32 Å². The van der Waals surface area contributed by atoms with Crippen molar-refractivity contribution in [1.29, 1.82) is 0 Å². The van der Waals surface area contributed by atoms with Crippen LogP contribution in [-0.2, 0) is 4.79 Å². The fraction of sp³-hybridized carbons (Fsp3) is 0.800. The average molecular weight is 237 g/mol. The predicted molar refractivity (Wildman–Crippen MR) is 72.9 cm³/mol. The number of rotatable bonds is 2. The molecule has 0 aromatic heterocycles. The maximum atomic E-state index is 11.6. The van der Waals surface area contributed by atoms with Crippen LogP contribution >= 0.6 is 0 Å². The van der Waals surface area contributed by atoms with Crippen LogP contribution in [0.5, 0.6) is 0 Å². The molecule has 0 aliphatic heterocycles. The summed E-state index contributed by atoms with van der Waals surface area (Å²) in [5, 5.41) is 3.12. The summed E-state index contributed by atoms with van der Waals surface area (Å²) in [6.45, 7) is 5.48. The summed E-state index contributed by atoms with van der Waals surface area (Å²) >= 11 is 0. The summed E-state index contributed by atoms with van der Waals surface area (Å²) in [4.78, 5) is 11.6. The van der Waals surface area contributed by atoms with E-state index in [0.717, 1.165) is 12.8 Å². The van der Waals surface area contributed by atoms with Crippen LogP contribution in [0.4, 0.5) is 0 Å². The minimum atomic E-state index is 0.0323. The smallest absolute Gasteiger partial charge is 0.246 e. The average Bonchev–Trinajstić information content (AvgIpc) is 2.35. The lowest BCUT2D eigenvalue weighted by Crippen LogP contribution is -2.35. The van der Waals surface area contributed by atoms with Crippen LogP contribution in [0.1, 0.15) is 71.1 Å². The fourth-order valence-electron chi connectivity index (χ4n) is 2.44. The van der Waals surface area contributed by atoms with Crippen molar-refractivity contribution in [3.8, 4) is 0 Å². The predicted octanol–water partition coefficient (Wildman–Crippen LogP) is 3.96. The standard InChI is InChI=1S/C15H27NO/c1-13(2)15(17)16-14-11-9-7-5-3-4-6-8-10-12-14/h14H,1,3-12H2,2H3,(H,16,17). The largest absolute Gasteiger partial charge is 0.350 e. The highest BCUT2D eigenvalue weighted by Gasteiger charge is 2.12. The first-order chi connectivity index (χ1) is 8.20. The Hall–Kier alpha value is -0.790. The highest BCUT2D eigenvalue weighted by atomic mass is 16.1. The molecule has 1 N–H and O–H groups in total. The molecule has 2 nitrogen and oxygen atoms in total. The van der Waals surface area contributed by atoms with Crippen molar-refractivity contribution in [1.82, 2.24) is 5.32 Å². The Kier molecular flexibility index (Phi) is 6.99. The van der Waals surface area contributed by atoms with E-state index < -0.39 is 0 Å². The van der Waals surface area contributed by atoms with Crippen molar-refractivity contribution >= 4 is 5.91 Å². The van der Waals surface area contributed by atoms with Gasteiger partial charge in [-0.2, -0.15) is 0 Å². The number of nitrogens with one attached hydrogen (secondary N) is 1. The topological polar surface area (TPSA) is 29.1 Å². The van der Waals surface area contributed by atoms with Gasteiger partial charge in [-0.15, -0.1) is 0 Å². The first-order valence-electron chi connectivity index (χ1n) is 7.16. The number of carbonyl (C=O) groups excluding carboxylic acids is 1. The van der Waals surface area contributed by atoms with E-state index in [1.165, 1.54) is 51.4 Å². The number of carbonyl (C=O) groups is 1. The van der Waals surface area contributed by atoms with Crippen molar-refractivity contribution in [2.24, 2.45) is 0 Å². The van der Waals surface area contributed by atoms with Gasteiger partial charge in [0.15, 0.2) is 0 Å². The molecule has 0 heterocycles. The molecular formula is C15H27NO. The Balaban J connectivity index is 2.37. The van der Waals surface area contributed by atoms with Crippen molar-refractivity contribution in [3.63, 3.8) is 0 Å². The minimum absolute atomic E-state index is 0.0323. The normalized spacial score (nSPS) is 20.3. The molecule has 2 heteroatoms. The zero-order valence-electron chi connectivity index (χ0n) is 11.3. The second-order valence-corrected chi connectivity index (χ2v) is 5.36. The van der Waals surface area contributed by atoms with E-state index in [9.17, 15) is 4.79 Å². The van der Waals surface area contributed by atoms with Gasteiger partial charge in [-0.1, -0.05) is 57.9 Å². The Morgan fingerprint density at radius 2 is 1.35 bits per heavy atom. The molecule has 0 radical (unpaired) electrons. The third kappa shape index (κ3) is 6.50. The maximum absolute atomic E-state index is 11.6. The van der Waals surface area contributed by atoms with Crippen molar-refractivity contribution in [2.75, 3.05) is 0 Å². The van der Waals surface area contributed by atoms with Crippen LogP contribution in [0, 0.1) is 0 Å². The van der Waals surface area contributed by atoms with Gasteiger partial charge in [0, 0.05) is 11.6 Å². The molecular weight excluding hydrogens is 210 g/mol. The van der Waals surface area contributed by atoms with Crippen LogP contribution < -0.4 is 5.32 Å². The Morgan fingerprint density at radius 3 is 1.76 bits per heavy atom. The van der Waals surface area contributed by atoms with Crippen LogP contribution in [0.3, 0.4) is 0 Å². The summed E-state index contributed by atoms with van der Waals surface area (Å²) in [6.07, 6.45) is 12.9. The molecule has 1 amide bonds. The van der Waals surface area contributed by atoms with E-state index >= 15 is 0 Å². The van der Waals surface area contributed by atoms with Gasteiger partial charge in [-0.3, -0.25) is 4.79 Å². The third-order valence-electron chi connectivity index (χ3n) is 3.58. The van der Waals surface area contributed by atoms with Gasteiger partial charge in [-0.05, 0) is 19.8 Å². The molecule has 98 valence electrons. The van der Waals surface area contributed by atoms with Crippen LogP contribution in [0.15, 0.2) is 12.2 Å². The summed E-state index contributed by atoms with van der Waals surface area (Å²) in [7, 11) is 0. The SMILES string of the molecule is C=C(C)C(=O)NC1CCCCCCCCCC1. The monoisotopic (exact) mass is 237 g/mol. The molecule has 1 aliphatic carbocycles. The number of amides is 1. The van der Waals surface area contributed by atoms with E-state index in [-0.39, 0.29) is 5.91 Å². The van der Waals surface area contributed by atoms with Gasteiger partial charge in [0.1, 0.15) is 0 Å². The Morgan fingerprint density at radius 1 is 0.941 bits per heavy atom. The lowest BCUT2D eigenvalue weighted by atomic mass is 10.0.